The van der Waals surface area contributed by atoms with Gasteiger partial charge in [-0.2, -0.15) is 0 Å². The molecule has 30 heavy (non-hydrogen) atoms. The van der Waals surface area contributed by atoms with Gasteiger partial charge in [-0.1, -0.05) is 48.0 Å². The molecule has 0 aliphatic carbocycles. The van der Waals surface area contributed by atoms with Gasteiger partial charge in [0, 0.05) is 14.2 Å². The molecule has 8 heteroatoms. The lowest BCUT2D eigenvalue weighted by Gasteiger charge is -2.40. The summed E-state index contributed by atoms with van der Waals surface area (Å²) in [6.45, 7) is 11.8. The zero-order chi connectivity index (χ0) is 23.8. The minimum Gasteiger partial charge on any atom is -0.379 e. The van der Waals surface area contributed by atoms with Gasteiger partial charge in [0.1, 0.15) is 6.04 Å². The highest BCUT2D eigenvalue weighted by atomic mass is 16.5. The number of ether oxygens (including phenoxy) is 1. The summed E-state index contributed by atoms with van der Waals surface area (Å²) in [4.78, 5) is 41.5. The second-order valence-electron chi connectivity index (χ2n) is 9.15. The third kappa shape index (κ3) is 7.87. The van der Waals surface area contributed by atoms with Gasteiger partial charge in [0.05, 0.1) is 24.6 Å². The molecule has 8 nitrogen and oxygen atoms in total. The number of nitrogens with zero attached hydrogens (tertiary/aromatic N) is 2. The summed E-state index contributed by atoms with van der Waals surface area (Å²) in [6.07, 6.45) is 0.313. The normalized spacial score (nSPS) is 16.8. The van der Waals surface area contributed by atoms with E-state index in [0.29, 0.717) is 0 Å². The van der Waals surface area contributed by atoms with Crippen molar-refractivity contribution in [2.45, 2.75) is 78.6 Å². The third-order valence-electron chi connectivity index (χ3n) is 5.79. The number of carbonyl (C=O) groups excluding carboxylic acids is 3. The number of methoxy groups -OCH3 is 1. The van der Waals surface area contributed by atoms with E-state index in [1.165, 1.54) is 7.11 Å². The van der Waals surface area contributed by atoms with Gasteiger partial charge in [-0.25, -0.2) is 0 Å². The van der Waals surface area contributed by atoms with Crippen molar-refractivity contribution in [2.24, 2.45) is 23.5 Å². The first-order valence-corrected chi connectivity index (χ1v) is 10.8. The molecule has 0 aliphatic rings. The van der Waals surface area contributed by atoms with Crippen molar-refractivity contribution in [1.82, 2.24) is 15.1 Å². The molecule has 0 aromatic heterocycles. The van der Waals surface area contributed by atoms with Crippen LogP contribution >= 0.6 is 0 Å². The Morgan fingerprint density at radius 2 is 1.53 bits per heavy atom. The number of carbonyl (C=O) groups is 3. The highest BCUT2D eigenvalue weighted by molar-refractivity contribution is 5.90. The molecule has 0 bridgehead atoms. The Balaban J connectivity index is 5.80. The fourth-order valence-corrected chi connectivity index (χ4v) is 4.03. The second-order valence-corrected chi connectivity index (χ2v) is 9.15. The zero-order valence-corrected chi connectivity index (χ0v) is 20.6. The third-order valence-corrected chi connectivity index (χ3v) is 5.79. The van der Waals surface area contributed by atoms with Gasteiger partial charge in [-0.3, -0.25) is 19.3 Å². The average molecular weight is 429 g/mol. The van der Waals surface area contributed by atoms with E-state index in [1.807, 2.05) is 60.5 Å². The van der Waals surface area contributed by atoms with Crippen molar-refractivity contribution >= 4 is 17.7 Å². The minimum atomic E-state index is -0.679. The molecule has 0 saturated heterocycles. The molecule has 0 fully saturated rings. The molecule has 0 rings (SSSR count). The molecular weight excluding hydrogens is 384 g/mol. The van der Waals surface area contributed by atoms with Crippen LogP contribution < -0.4 is 11.1 Å². The maximum atomic E-state index is 13.5. The molecule has 0 heterocycles. The number of primary amides is 1. The van der Waals surface area contributed by atoms with E-state index >= 15 is 0 Å². The van der Waals surface area contributed by atoms with E-state index in [4.69, 9.17) is 10.5 Å². The first-order valence-electron chi connectivity index (χ1n) is 10.8. The Bertz CT molecular complexity index is 557. The predicted molar refractivity (Wildman–Crippen MR) is 120 cm³/mol. The molecule has 0 saturated carbocycles. The van der Waals surface area contributed by atoms with Gasteiger partial charge in [0.15, 0.2) is 0 Å². The Morgan fingerprint density at radius 3 is 1.87 bits per heavy atom. The van der Waals surface area contributed by atoms with E-state index in [-0.39, 0.29) is 48.1 Å². The standard InChI is InChI=1S/C22H44N4O4/c1-11-15(6)20(16(30-10)12-17(23)27)26(9)22(29)18(13(2)3)24-21(28)19(14(4)5)25(7)8/h13-16,18-20H,11-12H2,1-10H3,(H2,23,27)(H,24,28)/t15-,16+,18-,19-,20?/m0/s1. The van der Waals surface area contributed by atoms with Crippen LogP contribution in [0.2, 0.25) is 0 Å². The monoisotopic (exact) mass is 428 g/mol. The van der Waals surface area contributed by atoms with Crippen molar-refractivity contribution in [3.8, 4) is 0 Å². The number of rotatable bonds is 13. The lowest BCUT2D eigenvalue weighted by molar-refractivity contribution is -0.144. The van der Waals surface area contributed by atoms with Gasteiger partial charge in [0.2, 0.25) is 17.7 Å². The molecule has 176 valence electrons. The molecule has 5 atom stereocenters. The van der Waals surface area contributed by atoms with Crippen LogP contribution in [-0.2, 0) is 19.1 Å². The van der Waals surface area contributed by atoms with Crippen LogP contribution in [0.15, 0.2) is 0 Å². The van der Waals surface area contributed by atoms with Crippen LogP contribution in [-0.4, -0.2) is 80.0 Å². The molecule has 0 spiro atoms. The fraction of sp³-hybridized carbons (Fsp3) is 0.864. The van der Waals surface area contributed by atoms with Crippen LogP contribution in [0.5, 0.6) is 0 Å². The zero-order valence-electron chi connectivity index (χ0n) is 20.6. The smallest absolute Gasteiger partial charge is 0.245 e. The topological polar surface area (TPSA) is 105 Å². The maximum Gasteiger partial charge on any atom is 0.245 e. The summed E-state index contributed by atoms with van der Waals surface area (Å²) >= 11 is 0. The van der Waals surface area contributed by atoms with Crippen molar-refractivity contribution in [2.75, 3.05) is 28.3 Å². The van der Waals surface area contributed by atoms with Gasteiger partial charge in [-0.15, -0.1) is 0 Å². The summed E-state index contributed by atoms with van der Waals surface area (Å²) in [5.41, 5.74) is 5.40. The lowest BCUT2D eigenvalue weighted by atomic mass is 9.90. The number of nitrogens with one attached hydrogen (secondary N) is 1. The molecule has 0 aromatic rings. The van der Waals surface area contributed by atoms with Gasteiger partial charge < -0.3 is 20.7 Å². The van der Waals surface area contributed by atoms with Crippen molar-refractivity contribution in [3.05, 3.63) is 0 Å². The van der Waals surface area contributed by atoms with Crippen LogP contribution in [0.3, 0.4) is 0 Å². The first kappa shape index (κ1) is 28.3. The lowest BCUT2D eigenvalue weighted by Crippen LogP contribution is -2.59. The van der Waals surface area contributed by atoms with Crippen molar-refractivity contribution < 1.29 is 19.1 Å². The summed E-state index contributed by atoms with van der Waals surface area (Å²) in [6, 6.07) is -1.36. The predicted octanol–water partition coefficient (Wildman–Crippen LogP) is 1.48. The van der Waals surface area contributed by atoms with Crippen LogP contribution in [0.4, 0.5) is 0 Å². The summed E-state index contributed by atoms with van der Waals surface area (Å²) in [5.74, 6) is -0.768. The molecular formula is C22H44N4O4. The summed E-state index contributed by atoms with van der Waals surface area (Å²) in [5, 5.41) is 2.97. The first-order chi connectivity index (χ1) is 13.8. The number of likely N-dealkylation sites (N-methyl/N-ethyl adjacent to an activating group) is 2. The van der Waals surface area contributed by atoms with Gasteiger partial charge in [0.25, 0.3) is 0 Å². The van der Waals surface area contributed by atoms with Crippen LogP contribution in [0, 0.1) is 17.8 Å². The quantitative estimate of drug-likeness (QED) is 0.462. The van der Waals surface area contributed by atoms with Gasteiger partial charge >= 0.3 is 0 Å². The fourth-order valence-electron chi connectivity index (χ4n) is 4.03. The molecule has 3 amide bonds. The van der Waals surface area contributed by atoms with E-state index in [1.54, 1.807) is 11.9 Å². The Hall–Kier alpha value is -1.67. The minimum absolute atomic E-state index is 0.0257. The van der Waals surface area contributed by atoms with E-state index in [2.05, 4.69) is 5.32 Å². The SMILES string of the molecule is CC[C@H](C)C([C@@H](CC(N)=O)OC)N(C)C(=O)[C@@H](NC(=O)[C@H](C(C)C)N(C)C)C(C)C. The summed E-state index contributed by atoms with van der Waals surface area (Å²) in [7, 11) is 6.94. The molecule has 1 unspecified atom stereocenters. The number of hydrogen-bond acceptors (Lipinski definition) is 5. The van der Waals surface area contributed by atoms with Gasteiger partial charge in [-0.05, 0) is 31.8 Å². The number of nitrogens with two attached hydrogens (primary N) is 1. The maximum absolute atomic E-state index is 13.5. The van der Waals surface area contributed by atoms with E-state index in [9.17, 15) is 14.4 Å². The van der Waals surface area contributed by atoms with E-state index < -0.39 is 18.1 Å². The molecule has 3 N–H and O–H groups in total. The summed E-state index contributed by atoms with van der Waals surface area (Å²) < 4.78 is 5.55. The molecule has 0 radical (unpaired) electrons. The number of hydrogen-bond donors (Lipinski definition) is 2. The molecule has 0 aromatic carbocycles. The second kappa shape index (κ2) is 12.9. The Morgan fingerprint density at radius 1 is 1.00 bits per heavy atom. The highest BCUT2D eigenvalue weighted by Gasteiger charge is 2.38. The Kier molecular flexibility index (Phi) is 12.2. The highest BCUT2D eigenvalue weighted by Crippen LogP contribution is 2.23. The average Bonchev–Trinajstić information content (AvgIpc) is 2.63. The van der Waals surface area contributed by atoms with Crippen LogP contribution in [0.1, 0.15) is 54.4 Å². The Labute approximate surface area is 182 Å². The van der Waals surface area contributed by atoms with Crippen molar-refractivity contribution in [1.29, 1.82) is 0 Å². The van der Waals surface area contributed by atoms with Crippen molar-refractivity contribution in [3.63, 3.8) is 0 Å². The largest absolute Gasteiger partial charge is 0.379 e. The molecule has 0 aliphatic heterocycles. The number of amides is 3. The van der Waals surface area contributed by atoms with Crippen LogP contribution in [0.25, 0.3) is 0 Å². The van der Waals surface area contributed by atoms with E-state index in [0.717, 1.165) is 6.42 Å².